The Kier molecular flexibility index (Phi) is 6.20. The minimum Gasteiger partial charge on any atom is -0.354 e. The molecule has 0 radical (unpaired) electrons. The van der Waals surface area contributed by atoms with Crippen LogP contribution in [0.3, 0.4) is 0 Å². The molecule has 1 saturated heterocycles. The van der Waals surface area contributed by atoms with Crippen molar-refractivity contribution < 1.29 is 4.79 Å². The van der Waals surface area contributed by atoms with Crippen molar-refractivity contribution >= 4 is 27.7 Å². The van der Waals surface area contributed by atoms with E-state index in [9.17, 15) is 9.59 Å². The van der Waals surface area contributed by atoms with E-state index in [4.69, 9.17) is 0 Å². The highest BCUT2D eigenvalue weighted by Crippen LogP contribution is 2.26. The van der Waals surface area contributed by atoms with Gasteiger partial charge >= 0.3 is 0 Å². The summed E-state index contributed by atoms with van der Waals surface area (Å²) in [4.78, 5) is 28.2. The van der Waals surface area contributed by atoms with E-state index in [1.54, 1.807) is 13.2 Å². The predicted molar refractivity (Wildman–Crippen MR) is 135 cm³/mol. The first kappa shape index (κ1) is 22.3. The van der Waals surface area contributed by atoms with Crippen molar-refractivity contribution in [1.82, 2.24) is 24.6 Å². The first-order valence-electron chi connectivity index (χ1n) is 12.0. The fraction of sp³-hybridized carbons (Fsp3) is 0.370. The van der Waals surface area contributed by atoms with Crippen LogP contribution in [-0.2, 0) is 24.9 Å². The van der Waals surface area contributed by atoms with Crippen molar-refractivity contribution in [1.29, 1.82) is 0 Å². The molecule has 1 aliphatic heterocycles. The molecule has 7 nitrogen and oxygen atoms in total. The molecule has 34 heavy (non-hydrogen) atoms. The Hall–Kier alpha value is -3.45. The van der Waals surface area contributed by atoms with Gasteiger partial charge in [-0.25, -0.2) is 4.68 Å². The van der Waals surface area contributed by atoms with Gasteiger partial charge in [-0.2, -0.15) is 5.10 Å². The third-order valence-corrected chi connectivity index (χ3v) is 6.99. The molecule has 0 atom stereocenters. The average Bonchev–Trinajstić information content (AvgIpc) is 3.16. The van der Waals surface area contributed by atoms with Gasteiger partial charge in [-0.05, 0) is 50.4 Å². The fourth-order valence-corrected chi connectivity index (χ4v) is 4.96. The van der Waals surface area contributed by atoms with E-state index in [1.165, 1.54) is 15.8 Å². The Labute approximate surface area is 199 Å². The van der Waals surface area contributed by atoms with Crippen LogP contribution in [0.1, 0.15) is 24.0 Å². The lowest BCUT2D eigenvalue weighted by Gasteiger charge is -2.32. The molecule has 0 aliphatic carbocycles. The highest BCUT2D eigenvalue weighted by Gasteiger charge is 2.21. The smallest absolute Gasteiger partial charge is 0.291 e. The molecule has 7 heteroatoms. The highest BCUT2D eigenvalue weighted by molar-refractivity contribution is 6.07. The number of aryl methyl sites for hydroxylation is 2. The average molecular weight is 458 g/mol. The number of likely N-dealkylation sites (tertiary alicyclic amines) is 1. The molecular formula is C27H31N5O2. The summed E-state index contributed by atoms with van der Waals surface area (Å²) >= 11 is 0. The summed E-state index contributed by atoms with van der Waals surface area (Å²) in [5.41, 5.74) is 3.85. The van der Waals surface area contributed by atoms with Gasteiger partial charge in [0.1, 0.15) is 12.1 Å². The number of benzene rings is 2. The van der Waals surface area contributed by atoms with Crippen molar-refractivity contribution in [2.45, 2.75) is 32.9 Å². The van der Waals surface area contributed by atoms with Crippen molar-refractivity contribution in [3.8, 4) is 0 Å². The van der Waals surface area contributed by atoms with E-state index in [0.717, 1.165) is 48.8 Å². The number of carbonyl (C=O) groups is 1. The molecule has 0 saturated carbocycles. The van der Waals surface area contributed by atoms with Crippen LogP contribution in [0.4, 0.5) is 0 Å². The normalized spacial score (nSPS) is 15.2. The number of rotatable bonds is 6. The first-order valence-corrected chi connectivity index (χ1v) is 12.0. The maximum Gasteiger partial charge on any atom is 0.291 e. The second-order valence-corrected chi connectivity index (χ2v) is 9.45. The van der Waals surface area contributed by atoms with Gasteiger partial charge in [0.2, 0.25) is 5.91 Å². The van der Waals surface area contributed by atoms with Gasteiger partial charge in [-0.15, -0.1) is 0 Å². The van der Waals surface area contributed by atoms with Crippen LogP contribution < -0.4 is 10.9 Å². The number of para-hydroxylation sites is 1. The van der Waals surface area contributed by atoms with Crippen LogP contribution in [0, 0.1) is 12.8 Å². The molecular weight excluding hydrogens is 426 g/mol. The summed E-state index contributed by atoms with van der Waals surface area (Å²) in [7, 11) is 1.63. The summed E-state index contributed by atoms with van der Waals surface area (Å²) < 4.78 is 3.15. The van der Waals surface area contributed by atoms with E-state index < -0.39 is 0 Å². The van der Waals surface area contributed by atoms with E-state index in [1.807, 2.05) is 28.8 Å². The van der Waals surface area contributed by atoms with Gasteiger partial charge in [0.15, 0.2) is 0 Å². The minimum atomic E-state index is -0.192. The van der Waals surface area contributed by atoms with Crippen molar-refractivity contribution in [2.24, 2.45) is 13.0 Å². The third-order valence-electron chi connectivity index (χ3n) is 6.99. The van der Waals surface area contributed by atoms with E-state index in [2.05, 4.69) is 46.5 Å². The van der Waals surface area contributed by atoms with Crippen LogP contribution >= 0.6 is 0 Å². The summed E-state index contributed by atoms with van der Waals surface area (Å²) in [6, 6.07) is 16.5. The fourth-order valence-electron chi connectivity index (χ4n) is 4.96. The quantitative estimate of drug-likeness (QED) is 0.483. The molecule has 0 unspecified atom stereocenters. The molecule has 1 amide bonds. The number of aromatic nitrogens is 3. The molecule has 1 aliphatic rings. The van der Waals surface area contributed by atoms with Crippen molar-refractivity contribution in [3.05, 3.63) is 76.2 Å². The van der Waals surface area contributed by atoms with Gasteiger partial charge in [0, 0.05) is 36.4 Å². The van der Waals surface area contributed by atoms with Gasteiger partial charge in [0.05, 0.1) is 6.20 Å². The number of nitrogens with zero attached hydrogens (tertiary/aromatic N) is 4. The Morgan fingerprint density at radius 2 is 1.79 bits per heavy atom. The maximum absolute atomic E-state index is 12.9. The molecule has 2 aromatic carbocycles. The van der Waals surface area contributed by atoms with Crippen LogP contribution in [0.25, 0.3) is 21.8 Å². The lowest BCUT2D eigenvalue weighted by atomic mass is 9.96. The zero-order valence-electron chi connectivity index (χ0n) is 19.8. The second kappa shape index (κ2) is 9.43. The number of hydrogen-bond acceptors (Lipinski definition) is 4. The Balaban J connectivity index is 1.21. The van der Waals surface area contributed by atoms with E-state index in [-0.39, 0.29) is 18.0 Å². The Morgan fingerprint density at radius 1 is 1.06 bits per heavy atom. The van der Waals surface area contributed by atoms with Gasteiger partial charge < -0.3 is 9.88 Å². The number of carbonyl (C=O) groups excluding carboxylic acids is 1. The van der Waals surface area contributed by atoms with Crippen LogP contribution in [0.15, 0.2) is 59.5 Å². The summed E-state index contributed by atoms with van der Waals surface area (Å²) in [6.45, 7) is 5.98. The van der Waals surface area contributed by atoms with Crippen LogP contribution in [0.2, 0.25) is 0 Å². The monoisotopic (exact) mass is 457 g/mol. The molecule has 0 spiro atoms. The Bertz CT molecular complexity index is 1380. The summed E-state index contributed by atoms with van der Waals surface area (Å²) in [5.74, 6) is 0.414. The van der Waals surface area contributed by atoms with Crippen LogP contribution in [0.5, 0.6) is 0 Å². The van der Waals surface area contributed by atoms with Crippen LogP contribution in [-0.4, -0.2) is 44.8 Å². The molecule has 176 valence electrons. The topological polar surface area (TPSA) is 72.2 Å². The van der Waals surface area contributed by atoms with E-state index >= 15 is 0 Å². The SMILES string of the molecule is Cc1ccc(CN2CCC(CNC(=O)Cn3c4ccccc4c4cnn(C)c(=O)c43)CC2)cc1. The lowest BCUT2D eigenvalue weighted by Crippen LogP contribution is -2.39. The number of hydrogen-bond donors (Lipinski definition) is 1. The zero-order valence-corrected chi connectivity index (χ0v) is 19.8. The number of piperidine rings is 1. The van der Waals surface area contributed by atoms with Gasteiger partial charge in [-0.1, -0.05) is 48.0 Å². The standard InChI is InChI=1S/C27H31N5O2/c1-19-7-9-21(10-8-19)17-31-13-11-20(12-14-31)15-28-25(33)18-32-24-6-4-3-5-22(24)23-16-29-30(2)27(34)26(23)32/h3-10,16,20H,11-15,17-18H2,1-2H3,(H,28,33). The zero-order chi connectivity index (χ0) is 23.7. The summed E-state index contributed by atoms with van der Waals surface area (Å²) in [5, 5.41) is 9.02. The number of nitrogens with one attached hydrogen (secondary N) is 1. The molecule has 4 aromatic rings. The first-order chi connectivity index (χ1) is 16.5. The Morgan fingerprint density at radius 3 is 2.56 bits per heavy atom. The van der Waals surface area contributed by atoms with E-state index in [0.29, 0.717) is 18.0 Å². The predicted octanol–water partition coefficient (Wildman–Crippen LogP) is 3.23. The van der Waals surface area contributed by atoms with Crippen molar-refractivity contribution in [2.75, 3.05) is 19.6 Å². The van der Waals surface area contributed by atoms with Crippen molar-refractivity contribution in [3.63, 3.8) is 0 Å². The maximum atomic E-state index is 12.9. The highest BCUT2D eigenvalue weighted by atomic mass is 16.2. The molecule has 1 N–H and O–H groups in total. The number of amides is 1. The molecule has 5 rings (SSSR count). The minimum absolute atomic E-state index is 0.0661. The van der Waals surface area contributed by atoms with Gasteiger partial charge in [0.25, 0.3) is 5.56 Å². The lowest BCUT2D eigenvalue weighted by molar-refractivity contribution is -0.121. The van der Waals surface area contributed by atoms with Gasteiger partial charge in [-0.3, -0.25) is 14.5 Å². The largest absolute Gasteiger partial charge is 0.354 e. The number of fused-ring (bicyclic) bond motifs is 3. The second-order valence-electron chi connectivity index (χ2n) is 9.45. The third kappa shape index (κ3) is 4.48. The molecule has 3 heterocycles. The molecule has 1 fully saturated rings. The summed E-state index contributed by atoms with van der Waals surface area (Å²) in [6.07, 6.45) is 3.86. The molecule has 2 aromatic heterocycles. The molecule has 0 bridgehead atoms.